The number of rotatable bonds is 5. The van der Waals surface area contributed by atoms with Crippen LogP contribution in [0.25, 0.3) is 0 Å². The molecule has 2 N–H and O–H groups in total. The van der Waals surface area contributed by atoms with E-state index in [-0.39, 0.29) is 6.03 Å². The third-order valence-corrected chi connectivity index (χ3v) is 3.19. The molecule has 21 heavy (non-hydrogen) atoms. The van der Waals surface area contributed by atoms with Gasteiger partial charge in [-0.15, -0.1) is 0 Å². The van der Waals surface area contributed by atoms with Gasteiger partial charge in [0.2, 0.25) is 0 Å². The standard InChI is InChI=1S/C16H17ClN2O2/c1-21-15-8-3-2-5-12(15)9-10-18-16(20)19-14-7-4-6-13(17)11-14/h2-8,11H,9-10H2,1H3,(H2,18,19,20). The number of halogens is 1. The minimum absolute atomic E-state index is 0.257. The molecular weight excluding hydrogens is 288 g/mol. The normalized spacial score (nSPS) is 10.0. The van der Waals surface area contributed by atoms with E-state index in [2.05, 4.69) is 10.6 Å². The number of urea groups is 1. The van der Waals surface area contributed by atoms with E-state index in [0.29, 0.717) is 23.7 Å². The summed E-state index contributed by atoms with van der Waals surface area (Å²) in [5, 5.41) is 6.12. The van der Waals surface area contributed by atoms with Gasteiger partial charge in [-0.05, 0) is 36.2 Å². The van der Waals surface area contributed by atoms with Gasteiger partial charge in [-0.3, -0.25) is 0 Å². The van der Waals surface area contributed by atoms with Crippen LogP contribution in [-0.2, 0) is 6.42 Å². The van der Waals surface area contributed by atoms with Crippen molar-refractivity contribution < 1.29 is 9.53 Å². The molecular formula is C16H17ClN2O2. The van der Waals surface area contributed by atoms with E-state index >= 15 is 0 Å². The van der Waals surface area contributed by atoms with Crippen LogP contribution in [0.1, 0.15) is 5.56 Å². The first kappa shape index (κ1) is 15.2. The van der Waals surface area contributed by atoms with Gasteiger partial charge in [0.25, 0.3) is 0 Å². The topological polar surface area (TPSA) is 50.4 Å². The molecule has 2 aromatic rings. The summed E-state index contributed by atoms with van der Waals surface area (Å²) in [6, 6.07) is 14.5. The molecule has 0 bridgehead atoms. The number of benzene rings is 2. The number of carbonyl (C=O) groups is 1. The van der Waals surface area contributed by atoms with Crippen LogP contribution < -0.4 is 15.4 Å². The molecule has 0 atom stereocenters. The number of para-hydroxylation sites is 1. The van der Waals surface area contributed by atoms with Crippen molar-refractivity contribution in [1.29, 1.82) is 0 Å². The summed E-state index contributed by atoms with van der Waals surface area (Å²) in [7, 11) is 1.64. The third kappa shape index (κ3) is 4.68. The number of ether oxygens (including phenoxy) is 1. The fraction of sp³-hybridized carbons (Fsp3) is 0.188. The maximum atomic E-state index is 11.8. The second kappa shape index (κ2) is 7.55. The van der Waals surface area contributed by atoms with Crippen LogP contribution in [0.15, 0.2) is 48.5 Å². The summed E-state index contributed by atoms with van der Waals surface area (Å²) < 4.78 is 5.27. The van der Waals surface area contributed by atoms with Gasteiger partial charge in [-0.1, -0.05) is 35.9 Å². The highest BCUT2D eigenvalue weighted by Gasteiger charge is 2.04. The molecule has 110 valence electrons. The first-order chi connectivity index (χ1) is 10.2. The quantitative estimate of drug-likeness (QED) is 0.884. The van der Waals surface area contributed by atoms with Crippen LogP contribution in [0.4, 0.5) is 10.5 Å². The molecule has 0 heterocycles. The SMILES string of the molecule is COc1ccccc1CCNC(=O)Nc1cccc(Cl)c1. The highest BCUT2D eigenvalue weighted by molar-refractivity contribution is 6.30. The molecule has 0 aliphatic rings. The molecule has 0 aliphatic carbocycles. The number of anilines is 1. The molecule has 0 fully saturated rings. The van der Waals surface area contributed by atoms with E-state index < -0.39 is 0 Å². The Morgan fingerprint density at radius 1 is 1.19 bits per heavy atom. The summed E-state index contributed by atoms with van der Waals surface area (Å²) in [6.45, 7) is 0.521. The molecule has 0 aromatic heterocycles. The third-order valence-electron chi connectivity index (χ3n) is 2.95. The predicted molar refractivity (Wildman–Crippen MR) is 85.2 cm³/mol. The monoisotopic (exact) mass is 304 g/mol. The van der Waals surface area contributed by atoms with Gasteiger partial charge in [0.05, 0.1) is 7.11 Å². The van der Waals surface area contributed by atoms with Gasteiger partial charge in [0, 0.05) is 17.3 Å². The summed E-state index contributed by atoms with van der Waals surface area (Å²) in [4.78, 5) is 11.8. The molecule has 2 amide bonds. The van der Waals surface area contributed by atoms with Crippen LogP contribution in [-0.4, -0.2) is 19.7 Å². The van der Waals surface area contributed by atoms with Crippen molar-refractivity contribution in [2.75, 3.05) is 19.0 Å². The van der Waals surface area contributed by atoms with Crippen LogP contribution in [0.2, 0.25) is 5.02 Å². The Balaban J connectivity index is 1.82. The fourth-order valence-electron chi connectivity index (χ4n) is 1.96. The molecule has 5 heteroatoms. The van der Waals surface area contributed by atoms with Crippen molar-refractivity contribution in [3.63, 3.8) is 0 Å². The molecule has 0 unspecified atom stereocenters. The zero-order valence-corrected chi connectivity index (χ0v) is 12.5. The van der Waals surface area contributed by atoms with Crippen molar-refractivity contribution in [3.05, 3.63) is 59.1 Å². The average molecular weight is 305 g/mol. The Kier molecular flexibility index (Phi) is 5.46. The van der Waals surface area contributed by atoms with E-state index in [1.807, 2.05) is 24.3 Å². The van der Waals surface area contributed by atoms with E-state index in [1.54, 1.807) is 31.4 Å². The van der Waals surface area contributed by atoms with Gasteiger partial charge in [-0.2, -0.15) is 0 Å². The van der Waals surface area contributed by atoms with E-state index in [0.717, 1.165) is 11.3 Å². The molecule has 0 aliphatic heterocycles. The summed E-state index contributed by atoms with van der Waals surface area (Å²) in [5.74, 6) is 0.828. The highest BCUT2D eigenvalue weighted by Crippen LogP contribution is 2.17. The lowest BCUT2D eigenvalue weighted by atomic mass is 10.1. The molecule has 0 radical (unpaired) electrons. The van der Waals surface area contributed by atoms with Crippen molar-refractivity contribution in [1.82, 2.24) is 5.32 Å². The maximum Gasteiger partial charge on any atom is 0.319 e. The van der Waals surface area contributed by atoms with Gasteiger partial charge in [0.15, 0.2) is 0 Å². The minimum Gasteiger partial charge on any atom is -0.496 e. The molecule has 2 aromatic carbocycles. The van der Waals surface area contributed by atoms with Gasteiger partial charge in [-0.25, -0.2) is 4.79 Å². The largest absolute Gasteiger partial charge is 0.496 e. The van der Waals surface area contributed by atoms with Crippen molar-refractivity contribution in [3.8, 4) is 5.75 Å². The maximum absolute atomic E-state index is 11.8. The van der Waals surface area contributed by atoms with Crippen molar-refractivity contribution in [2.45, 2.75) is 6.42 Å². The van der Waals surface area contributed by atoms with E-state index in [9.17, 15) is 4.79 Å². The van der Waals surface area contributed by atoms with Crippen LogP contribution in [0, 0.1) is 0 Å². The number of amides is 2. The number of nitrogens with one attached hydrogen (secondary N) is 2. The Morgan fingerprint density at radius 3 is 2.76 bits per heavy atom. The molecule has 0 saturated heterocycles. The van der Waals surface area contributed by atoms with Gasteiger partial charge < -0.3 is 15.4 Å². The van der Waals surface area contributed by atoms with Gasteiger partial charge >= 0.3 is 6.03 Å². The second-order valence-electron chi connectivity index (χ2n) is 4.45. The Labute approximate surface area is 129 Å². The zero-order chi connectivity index (χ0) is 15.1. The van der Waals surface area contributed by atoms with Crippen molar-refractivity contribution >= 4 is 23.3 Å². The average Bonchev–Trinajstić information content (AvgIpc) is 2.47. The molecule has 4 nitrogen and oxygen atoms in total. The smallest absolute Gasteiger partial charge is 0.319 e. The number of hydrogen-bond donors (Lipinski definition) is 2. The first-order valence-corrected chi connectivity index (χ1v) is 6.99. The number of methoxy groups -OCH3 is 1. The minimum atomic E-state index is -0.257. The molecule has 0 saturated carbocycles. The Hall–Kier alpha value is -2.20. The Morgan fingerprint density at radius 2 is 2.00 bits per heavy atom. The lowest BCUT2D eigenvalue weighted by Gasteiger charge is -2.10. The fourth-order valence-corrected chi connectivity index (χ4v) is 2.15. The Bertz CT molecular complexity index is 617. The van der Waals surface area contributed by atoms with Crippen molar-refractivity contribution in [2.24, 2.45) is 0 Å². The highest BCUT2D eigenvalue weighted by atomic mass is 35.5. The summed E-state index contributed by atoms with van der Waals surface area (Å²) in [5.41, 5.74) is 1.72. The van der Waals surface area contributed by atoms with E-state index in [4.69, 9.17) is 16.3 Å². The second-order valence-corrected chi connectivity index (χ2v) is 4.89. The summed E-state index contributed by atoms with van der Waals surface area (Å²) >= 11 is 5.86. The number of carbonyl (C=O) groups excluding carboxylic acids is 1. The lowest BCUT2D eigenvalue weighted by Crippen LogP contribution is -2.30. The predicted octanol–water partition coefficient (Wildman–Crippen LogP) is 3.71. The van der Waals surface area contributed by atoms with E-state index in [1.165, 1.54) is 0 Å². The summed E-state index contributed by atoms with van der Waals surface area (Å²) in [6.07, 6.45) is 0.701. The van der Waals surface area contributed by atoms with Crippen LogP contribution in [0.3, 0.4) is 0 Å². The molecule has 2 rings (SSSR count). The van der Waals surface area contributed by atoms with Crippen LogP contribution >= 0.6 is 11.6 Å². The molecule has 0 spiro atoms. The van der Waals surface area contributed by atoms with Crippen LogP contribution in [0.5, 0.6) is 5.75 Å². The lowest BCUT2D eigenvalue weighted by molar-refractivity contribution is 0.252. The number of hydrogen-bond acceptors (Lipinski definition) is 2. The van der Waals surface area contributed by atoms with Gasteiger partial charge in [0.1, 0.15) is 5.75 Å². The zero-order valence-electron chi connectivity index (χ0n) is 11.7. The first-order valence-electron chi connectivity index (χ1n) is 6.61.